The summed E-state index contributed by atoms with van der Waals surface area (Å²) in [6, 6.07) is 6.73. The zero-order valence-corrected chi connectivity index (χ0v) is 13.1. The van der Waals surface area contributed by atoms with Crippen LogP contribution in [0.2, 0.25) is 0 Å². The van der Waals surface area contributed by atoms with Crippen molar-refractivity contribution in [2.24, 2.45) is 5.92 Å². The average Bonchev–Trinajstić information content (AvgIpc) is 2.32. The van der Waals surface area contributed by atoms with Gasteiger partial charge >= 0.3 is 0 Å². The summed E-state index contributed by atoms with van der Waals surface area (Å²) in [5.74, 6) is 1.99. The lowest BCUT2D eigenvalue weighted by Crippen LogP contribution is -2.18. The summed E-state index contributed by atoms with van der Waals surface area (Å²) in [6.07, 6.45) is 2.63. The van der Waals surface area contributed by atoms with E-state index in [9.17, 15) is 0 Å². The largest absolute Gasteiger partial charge is 0.316 e. The second-order valence-electron chi connectivity index (χ2n) is 5.38. The fourth-order valence-corrected chi connectivity index (χ4v) is 2.71. The number of thioether (sulfide) groups is 1. The van der Waals surface area contributed by atoms with E-state index < -0.39 is 0 Å². The second-order valence-corrected chi connectivity index (χ2v) is 6.55. The number of rotatable bonds is 8. The highest BCUT2D eigenvalue weighted by Crippen LogP contribution is 2.20. The summed E-state index contributed by atoms with van der Waals surface area (Å²) in [7, 11) is 0. The molecule has 0 atom stereocenters. The van der Waals surface area contributed by atoms with Gasteiger partial charge in [0.05, 0.1) is 0 Å². The Morgan fingerprint density at radius 2 is 1.89 bits per heavy atom. The zero-order chi connectivity index (χ0) is 13.4. The normalized spacial score (nSPS) is 11.2. The molecule has 0 saturated carbocycles. The molecule has 0 bridgehead atoms. The van der Waals surface area contributed by atoms with Gasteiger partial charge in [-0.15, -0.1) is 11.8 Å². The molecule has 0 aliphatic heterocycles. The summed E-state index contributed by atoms with van der Waals surface area (Å²) in [5.41, 5.74) is 2.77. The van der Waals surface area contributed by atoms with E-state index in [0.29, 0.717) is 0 Å². The first kappa shape index (κ1) is 15.6. The number of aryl methyl sites for hydroxylation is 2. The molecule has 0 saturated heterocycles. The zero-order valence-electron chi connectivity index (χ0n) is 12.3. The molecule has 0 fully saturated rings. The number of hydrogen-bond donors (Lipinski definition) is 1. The summed E-state index contributed by atoms with van der Waals surface area (Å²) in [5, 5.41) is 3.52. The molecule has 102 valence electrons. The van der Waals surface area contributed by atoms with E-state index >= 15 is 0 Å². The van der Waals surface area contributed by atoms with Crippen molar-refractivity contribution in [1.29, 1.82) is 0 Å². The Morgan fingerprint density at radius 3 is 2.56 bits per heavy atom. The smallest absolute Gasteiger partial charge is 0.0106 e. The van der Waals surface area contributed by atoms with Crippen LogP contribution in [0, 0.1) is 19.8 Å². The molecule has 0 aliphatic rings. The molecule has 0 amide bonds. The van der Waals surface area contributed by atoms with Crippen LogP contribution in [0.5, 0.6) is 0 Å². The first-order valence-electron chi connectivity index (χ1n) is 7.00. The molecule has 0 unspecified atom stereocenters. The molecule has 0 heterocycles. The van der Waals surface area contributed by atoms with Gasteiger partial charge in [-0.2, -0.15) is 0 Å². The van der Waals surface area contributed by atoms with E-state index in [4.69, 9.17) is 0 Å². The van der Waals surface area contributed by atoms with E-state index in [2.05, 4.69) is 51.2 Å². The van der Waals surface area contributed by atoms with Crippen LogP contribution >= 0.6 is 11.8 Å². The Balaban J connectivity index is 2.09. The van der Waals surface area contributed by atoms with Gasteiger partial charge in [-0.25, -0.2) is 0 Å². The predicted molar refractivity (Wildman–Crippen MR) is 83.6 cm³/mol. The molecule has 1 aromatic carbocycles. The van der Waals surface area contributed by atoms with Crippen molar-refractivity contribution in [2.45, 2.75) is 45.4 Å². The first-order chi connectivity index (χ1) is 8.59. The molecule has 1 rings (SSSR count). The maximum absolute atomic E-state index is 3.52. The number of benzene rings is 1. The van der Waals surface area contributed by atoms with Gasteiger partial charge in [-0.05, 0) is 62.4 Å². The van der Waals surface area contributed by atoms with Crippen molar-refractivity contribution < 1.29 is 0 Å². The van der Waals surface area contributed by atoms with Crippen LogP contribution in [0.1, 0.15) is 37.8 Å². The van der Waals surface area contributed by atoms with Crippen molar-refractivity contribution >= 4 is 11.8 Å². The van der Waals surface area contributed by atoms with Gasteiger partial charge in [0.2, 0.25) is 0 Å². The van der Waals surface area contributed by atoms with E-state index in [1.165, 1.54) is 28.9 Å². The predicted octanol–water partition coefficient (Wildman–Crippen LogP) is 4.42. The van der Waals surface area contributed by atoms with Crippen LogP contribution in [-0.4, -0.2) is 18.8 Å². The maximum Gasteiger partial charge on any atom is 0.0106 e. The number of hydrogen-bond acceptors (Lipinski definition) is 2. The fourth-order valence-electron chi connectivity index (χ4n) is 1.81. The van der Waals surface area contributed by atoms with Gasteiger partial charge < -0.3 is 5.32 Å². The molecule has 18 heavy (non-hydrogen) atoms. The lowest BCUT2D eigenvalue weighted by atomic mass is 10.1. The van der Waals surface area contributed by atoms with Gasteiger partial charge in [0.25, 0.3) is 0 Å². The van der Waals surface area contributed by atoms with Crippen molar-refractivity contribution in [1.82, 2.24) is 5.32 Å². The summed E-state index contributed by atoms with van der Waals surface area (Å²) in [6.45, 7) is 11.2. The lowest BCUT2D eigenvalue weighted by molar-refractivity contribution is 0.534. The monoisotopic (exact) mass is 265 g/mol. The van der Waals surface area contributed by atoms with Crippen LogP contribution in [0.3, 0.4) is 0 Å². The van der Waals surface area contributed by atoms with Gasteiger partial charge in [0, 0.05) is 17.2 Å². The molecule has 0 aliphatic carbocycles. The topological polar surface area (TPSA) is 12.0 Å². The summed E-state index contributed by atoms with van der Waals surface area (Å²) >= 11 is 1.95. The van der Waals surface area contributed by atoms with E-state index in [1.807, 2.05) is 11.8 Å². The number of nitrogens with one attached hydrogen (secondary N) is 1. The van der Waals surface area contributed by atoms with Crippen molar-refractivity contribution in [3.8, 4) is 0 Å². The van der Waals surface area contributed by atoms with Gasteiger partial charge in [0.1, 0.15) is 0 Å². The fraction of sp³-hybridized carbons (Fsp3) is 0.625. The minimum atomic E-state index is 0.830. The van der Waals surface area contributed by atoms with Crippen molar-refractivity contribution in [2.75, 3.05) is 18.8 Å². The van der Waals surface area contributed by atoms with Crippen LogP contribution in [0.4, 0.5) is 0 Å². The summed E-state index contributed by atoms with van der Waals surface area (Å²) < 4.78 is 0. The Bertz CT molecular complexity index is 347. The van der Waals surface area contributed by atoms with Crippen LogP contribution < -0.4 is 5.32 Å². The molecule has 0 radical (unpaired) electrons. The lowest BCUT2D eigenvalue weighted by Gasteiger charge is -2.07. The Kier molecular flexibility index (Phi) is 7.45. The van der Waals surface area contributed by atoms with Gasteiger partial charge in [0.15, 0.2) is 0 Å². The van der Waals surface area contributed by atoms with Gasteiger partial charge in [-0.1, -0.05) is 19.9 Å². The third-order valence-corrected chi connectivity index (χ3v) is 4.16. The summed E-state index contributed by atoms with van der Waals surface area (Å²) in [4.78, 5) is 1.39. The Morgan fingerprint density at radius 1 is 1.11 bits per heavy atom. The second kappa shape index (κ2) is 8.60. The molecule has 1 nitrogen and oxygen atoms in total. The SMILES string of the molecule is Cc1ccc(SCCNCCCC(C)C)cc1C. The molecular weight excluding hydrogens is 238 g/mol. The first-order valence-corrected chi connectivity index (χ1v) is 7.99. The highest BCUT2D eigenvalue weighted by atomic mass is 32.2. The van der Waals surface area contributed by atoms with Crippen molar-refractivity contribution in [3.63, 3.8) is 0 Å². The quantitative estimate of drug-likeness (QED) is 0.551. The molecule has 0 aromatic heterocycles. The molecule has 2 heteroatoms. The molecule has 1 aromatic rings. The molecule has 0 spiro atoms. The third kappa shape index (κ3) is 6.46. The highest BCUT2D eigenvalue weighted by Gasteiger charge is 1.97. The average molecular weight is 265 g/mol. The minimum Gasteiger partial charge on any atom is -0.316 e. The van der Waals surface area contributed by atoms with Crippen LogP contribution in [0.25, 0.3) is 0 Å². The third-order valence-electron chi connectivity index (χ3n) is 3.16. The standard InChI is InChI=1S/C16H27NS/c1-13(2)6-5-9-17-10-11-18-16-8-7-14(3)15(4)12-16/h7-8,12-13,17H,5-6,9-11H2,1-4H3. The van der Waals surface area contributed by atoms with Gasteiger partial charge in [-0.3, -0.25) is 0 Å². The van der Waals surface area contributed by atoms with E-state index in [0.717, 1.165) is 24.8 Å². The molecule has 1 N–H and O–H groups in total. The van der Waals surface area contributed by atoms with Crippen molar-refractivity contribution in [3.05, 3.63) is 29.3 Å². The maximum atomic E-state index is 3.52. The minimum absolute atomic E-state index is 0.830. The van der Waals surface area contributed by atoms with E-state index in [1.54, 1.807) is 0 Å². The highest BCUT2D eigenvalue weighted by molar-refractivity contribution is 7.99. The Labute approximate surface area is 117 Å². The Hall–Kier alpha value is -0.470. The van der Waals surface area contributed by atoms with Crippen LogP contribution in [0.15, 0.2) is 23.1 Å². The van der Waals surface area contributed by atoms with Crippen LogP contribution in [-0.2, 0) is 0 Å². The molecular formula is C16H27NS. The van der Waals surface area contributed by atoms with E-state index in [-0.39, 0.29) is 0 Å².